The third kappa shape index (κ3) is 52.0. The zero-order chi connectivity index (χ0) is 47.4. The number of allylic oxidation sites excluding steroid dienone is 2. The molecule has 0 heterocycles. The summed E-state index contributed by atoms with van der Waals surface area (Å²) in [6.07, 6.45) is 58.5. The van der Waals surface area contributed by atoms with Crippen LogP contribution < -0.4 is 5.73 Å². The molecule has 0 aliphatic carbocycles. The molecule has 0 aliphatic heterocycles. The summed E-state index contributed by atoms with van der Waals surface area (Å²) in [7, 11) is -4.39. The number of carbonyl (C=O) groups excluding carboxylic acids is 2. The fourth-order valence-corrected chi connectivity index (χ4v) is 9.23. The van der Waals surface area contributed by atoms with Crippen molar-refractivity contribution >= 4 is 19.8 Å². The Bertz CT molecular complexity index is 1070. The molecule has 0 fully saturated rings. The molecule has 0 aromatic rings. The summed E-state index contributed by atoms with van der Waals surface area (Å²) >= 11 is 0. The van der Waals surface area contributed by atoms with Crippen LogP contribution in [0, 0.1) is 0 Å². The Morgan fingerprint density at radius 3 is 1.14 bits per heavy atom. The van der Waals surface area contributed by atoms with E-state index in [1.807, 2.05) is 0 Å². The van der Waals surface area contributed by atoms with E-state index in [1.165, 1.54) is 231 Å². The summed E-state index contributed by atoms with van der Waals surface area (Å²) in [6.45, 7) is 3.78. The van der Waals surface area contributed by atoms with Crippen molar-refractivity contribution in [3.63, 3.8) is 0 Å². The lowest BCUT2D eigenvalue weighted by Gasteiger charge is -2.19. The molecule has 0 saturated heterocycles. The standard InChI is InChI=1S/C55H108NO8P/c1-3-5-7-9-11-13-15-17-19-21-23-25-26-28-30-32-34-36-38-40-42-44-46-48-55(58)64-53(52-63-65(59,60)62-50-49-56)51-61-54(57)47-45-43-41-39-37-35-33-31-29-27-24-22-20-18-16-14-12-10-8-6-4-2/h40,42,53H,3-39,41,43-52,56H2,1-2H3,(H,59,60)/b42-40+/t53-/m1/s1. The smallest absolute Gasteiger partial charge is 0.462 e. The first-order valence-electron chi connectivity index (χ1n) is 28.2. The molecule has 2 atom stereocenters. The van der Waals surface area contributed by atoms with E-state index in [9.17, 15) is 19.0 Å². The molecule has 0 rings (SSSR count). The van der Waals surface area contributed by atoms with Gasteiger partial charge in [-0.2, -0.15) is 0 Å². The lowest BCUT2D eigenvalue weighted by atomic mass is 10.0. The third-order valence-corrected chi connectivity index (χ3v) is 13.6. The Kier molecular flexibility index (Phi) is 51.1. The Labute approximate surface area is 402 Å². The molecule has 10 heteroatoms. The van der Waals surface area contributed by atoms with Crippen LogP contribution in [-0.4, -0.2) is 49.3 Å². The average Bonchev–Trinajstić information content (AvgIpc) is 3.30. The van der Waals surface area contributed by atoms with Crippen molar-refractivity contribution in [2.45, 2.75) is 302 Å². The van der Waals surface area contributed by atoms with Gasteiger partial charge in [0.25, 0.3) is 0 Å². The monoisotopic (exact) mass is 942 g/mol. The van der Waals surface area contributed by atoms with Crippen LogP contribution in [0.2, 0.25) is 0 Å². The van der Waals surface area contributed by atoms with Crippen LogP contribution in [0.3, 0.4) is 0 Å². The van der Waals surface area contributed by atoms with Crippen LogP contribution in [0.25, 0.3) is 0 Å². The van der Waals surface area contributed by atoms with E-state index >= 15 is 0 Å². The minimum atomic E-state index is -4.39. The number of rotatable bonds is 54. The van der Waals surface area contributed by atoms with Gasteiger partial charge < -0.3 is 20.1 Å². The molecule has 0 spiro atoms. The number of carbonyl (C=O) groups is 2. The Morgan fingerprint density at radius 1 is 0.446 bits per heavy atom. The summed E-state index contributed by atoms with van der Waals surface area (Å²) in [4.78, 5) is 35.1. The molecule has 0 saturated carbocycles. The highest BCUT2D eigenvalue weighted by atomic mass is 31.2. The van der Waals surface area contributed by atoms with Gasteiger partial charge in [-0.1, -0.05) is 264 Å². The number of phosphoric acid groups is 1. The molecule has 0 radical (unpaired) electrons. The number of esters is 2. The van der Waals surface area contributed by atoms with Gasteiger partial charge in [-0.3, -0.25) is 18.6 Å². The first kappa shape index (κ1) is 63.8. The van der Waals surface area contributed by atoms with E-state index in [-0.39, 0.29) is 38.6 Å². The minimum absolute atomic E-state index is 0.0531. The second-order valence-electron chi connectivity index (χ2n) is 19.2. The van der Waals surface area contributed by atoms with Gasteiger partial charge in [0.1, 0.15) is 6.61 Å². The second-order valence-corrected chi connectivity index (χ2v) is 20.6. The zero-order valence-corrected chi connectivity index (χ0v) is 43.9. The fourth-order valence-electron chi connectivity index (χ4n) is 8.47. The molecule has 65 heavy (non-hydrogen) atoms. The third-order valence-electron chi connectivity index (χ3n) is 12.7. The number of hydrogen-bond donors (Lipinski definition) is 2. The van der Waals surface area contributed by atoms with Gasteiger partial charge in [-0.25, -0.2) is 4.57 Å². The Morgan fingerprint density at radius 2 is 0.769 bits per heavy atom. The van der Waals surface area contributed by atoms with Crippen molar-refractivity contribution in [3.05, 3.63) is 12.2 Å². The van der Waals surface area contributed by atoms with Gasteiger partial charge in [0.2, 0.25) is 0 Å². The summed E-state index contributed by atoms with van der Waals surface area (Å²) in [5, 5.41) is 0. The molecule has 386 valence electrons. The van der Waals surface area contributed by atoms with Crippen molar-refractivity contribution in [2.24, 2.45) is 5.73 Å². The highest BCUT2D eigenvalue weighted by Gasteiger charge is 2.26. The number of nitrogens with two attached hydrogens (primary N) is 1. The fraction of sp³-hybridized carbons (Fsp3) is 0.927. The maximum atomic E-state index is 12.7. The minimum Gasteiger partial charge on any atom is -0.462 e. The van der Waals surface area contributed by atoms with E-state index in [4.69, 9.17) is 24.3 Å². The molecule has 0 aromatic heterocycles. The second kappa shape index (κ2) is 52.1. The predicted octanol–water partition coefficient (Wildman–Crippen LogP) is 17.3. The highest BCUT2D eigenvalue weighted by Crippen LogP contribution is 2.43. The van der Waals surface area contributed by atoms with E-state index in [1.54, 1.807) is 0 Å². The van der Waals surface area contributed by atoms with Gasteiger partial charge in [0.05, 0.1) is 13.2 Å². The molecule has 3 N–H and O–H groups in total. The van der Waals surface area contributed by atoms with Crippen molar-refractivity contribution in [1.29, 1.82) is 0 Å². The predicted molar refractivity (Wildman–Crippen MR) is 275 cm³/mol. The normalized spacial score (nSPS) is 13.1. The summed E-state index contributed by atoms with van der Waals surface area (Å²) in [6, 6.07) is 0. The number of hydrogen-bond acceptors (Lipinski definition) is 8. The van der Waals surface area contributed by atoms with E-state index in [0.717, 1.165) is 32.1 Å². The van der Waals surface area contributed by atoms with Crippen LogP contribution >= 0.6 is 7.82 Å². The van der Waals surface area contributed by atoms with Crippen molar-refractivity contribution < 1.29 is 37.6 Å². The molecule has 0 aromatic carbocycles. The topological polar surface area (TPSA) is 134 Å². The average molecular weight is 942 g/mol. The van der Waals surface area contributed by atoms with E-state index in [0.29, 0.717) is 6.42 Å². The Hall–Kier alpha value is -1.25. The maximum absolute atomic E-state index is 12.7. The maximum Gasteiger partial charge on any atom is 0.472 e. The van der Waals surface area contributed by atoms with Crippen molar-refractivity contribution in [3.8, 4) is 0 Å². The molecular weight excluding hydrogens is 834 g/mol. The van der Waals surface area contributed by atoms with Crippen molar-refractivity contribution in [2.75, 3.05) is 26.4 Å². The van der Waals surface area contributed by atoms with Gasteiger partial charge in [0.15, 0.2) is 6.10 Å². The largest absolute Gasteiger partial charge is 0.472 e. The molecule has 0 amide bonds. The van der Waals surface area contributed by atoms with E-state index in [2.05, 4.69) is 26.0 Å². The SMILES string of the molecule is CCCCCCCCCCCCCCCCCCCC/C=C/CCCC(=O)O[C@H](COC(=O)CCCCCCCCCCCCCCCCCCCCCCC)COP(=O)(O)OCCN. The van der Waals surface area contributed by atoms with Crippen LogP contribution in [0.4, 0.5) is 0 Å². The molecule has 9 nitrogen and oxygen atoms in total. The summed E-state index contributed by atoms with van der Waals surface area (Å²) < 4.78 is 33.0. The van der Waals surface area contributed by atoms with Crippen LogP contribution in [-0.2, 0) is 32.7 Å². The number of phosphoric ester groups is 1. The molecular formula is C55H108NO8P. The molecule has 1 unspecified atom stereocenters. The van der Waals surface area contributed by atoms with Gasteiger partial charge >= 0.3 is 19.8 Å². The van der Waals surface area contributed by atoms with Crippen LogP contribution in [0.15, 0.2) is 12.2 Å². The number of ether oxygens (including phenoxy) is 2. The van der Waals surface area contributed by atoms with Gasteiger partial charge in [-0.05, 0) is 32.1 Å². The lowest BCUT2D eigenvalue weighted by Crippen LogP contribution is -2.29. The first-order valence-corrected chi connectivity index (χ1v) is 29.7. The highest BCUT2D eigenvalue weighted by molar-refractivity contribution is 7.47. The van der Waals surface area contributed by atoms with Gasteiger partial charge in [0, 0.05) is 19.4 Å². The Balaban J connectivity index is 3.97. The van der Waals surface area contributed by atoms with Crippen LogP contribution in [0.1, 0.15) is 296 Å². The molecule has 0 bridgehead atoms. The summed E-state index contributed by atoms with van der Waals surface area (Å²) in [5.41, 5.74) is 5.38. The van der Waals surface area contributed by atoms with Gasteiger partial charge in [-0.15, -0.1) is 0 Å². The first-order chi connectivity index (χ1) is 31.8. The van der Waals surface area contributed by atoms with Crippen LogP contribution in [0.5, 0.6) is 0 Å². The molecule has 0 aliphatic rings. The zero-order valence-electron chi connectivity index (χ0n) is 43.0. The quantitative estimate of drug-likeness (QED) is 0.0264. The summed E-state index contributed by atoms with van der Waals surface area (Å²) in [5.74, 6) is -0.845. The number of unbranched alkanes of at least 4 members (excludes halogenated alkanes) is 39. The van der Waals surface area contributed by atoms with Crippen molar-refractivity contribution in [1.82, 2.24) is 0 Å². The lowest BCUT2D eigenvalue weighted by molar-refractivity contribution is -0.161. The van der Waals surface area contributed by atoms with E-state index < -0.39 is 26.5 Å².